The molecule has 78 valence electrons. The van der Waals surface area contributed by atoms with Gasteiger partial charge in [-0.15, -0.1) is 0 Å². The van der Waals surface area contributed by atoms with Crippen molar-refractivity contribution < 1.29 is 9.90 Å². The first-order valence-electron chi connectivity index (χ1n) is 5.12. The monoisotopic (exact) mass is 203 g/mol. The van der Waals surface area contributed by atoms with Gasteiger partial charge >= 0.3 is 5.97 Å². The van der Waals surface area contributed by atoms with Gasteiger partial charge < -0.3 is 10.8 Å². The number of carboxylic acid groups (broad SMARTS) is 1. The van der Waals surface area contributed by atoms with Gasteiger partial charge in [-0.05, 0) is 24.0 Å². The largest absolute Gasteiger partial charge is 0.480 e. The molecule has 1 aromatic carbocycles. The number of aliphatic carboxylic acids is 1. The smallest absolute Gasteiger partial charge is 0.324 e. The van der Waals surface area contributed by atoms with Crippen molar-refractivity contribution in [3.05, 3.63) is 29.3 Å². The molecule has 0 aliphatic heterocycles. The number of rotatable bonds is 1. The summed E-state index contributed by atoms with van der Waals surface area (Å²) in [5.41, 5.74) is 8.33. The summed E-state index contributed by atoms with van der Waals surface area (Å²) in [6.45, 7) is 0. The summed E-state index contributed by atoms with van der Waals surface area (Å²) >= 11 is 0. The van der Waals surface area contributed by atoms with Crippen LogP contribution in [0.1, 0.15) is 17.5 Å². The molecule has 0 radical (unpaired) electrons. The maximum absolute atomic E-state index is 11.0. The highest BCUT2D eigenvalue weighted by molar-refractivity contribution is 6.32. The minimum atomic E-state index is -1.07. The molecule has 3 nitrogen and oxygen atoms in total. The maximum Gasteiger partial charge on any atom is 0.324 e. The van der Waals surface area contributed by atoms with Gasteiger partial charge in [0.05, 0.1) is 0 Å². The van der Waals surface area contributed by atoms with E-state index in [-0.39, 0.29) is 0 Å². The Morgan fingerprint density at radius 3 is 2.87 bits per heavy atom. The van der Waals surface area contributed by atoms with Crippen LogP contribution in [0, 0.1) is 0 Å². The Morgan fingerprint density at radius 2 is 2.20 bits per heavy atom. The molecule has 1 unspecified atom stereocenters. The van der Waals surface area contributed by atoms with Gasteiger partial charge in [-0.2, -0.15) is 0 Å². The van der Waals surface area contributed by atoms with Crippen LogP contribution in [0.5, 0.6) is 0 Å². The second kappa shape index (κ2) is 3.38. The maximum atomic E-state index is 11.0. The molecule has 1 atom stereocenters. The predicted molar refractivity (Wildman–Crippen MR) is 61.2 cm³/mol. The van der Waals surface area contributed by atoms with Gasteiger partial charge in [0.15, 0.2) is 0 Å². The molecule has 1 aromatic rings. The Hall–Kier alpha value is -1.29. The van der Waals surface area contributed by atoms with E-state index >= 15 is 0 Å². The van der Waals surface area contributed by atoms with E-state index in [1.54, 1.807) is 0 Å². The normalized spacial score (nSPS) is 24.6. The minimum Gasteiger partial charge on any atom is -0.480 e. The van der Waals surface area contributed by atoms with Crippen LogP contribution in [-0.4, -0.2) is 24.5 Å². The number of carboxylic acids is 1. The molecule has 4 heteroatoms. The Labute approximate surface area is 89.7 Å². The highest BCUT2D eigenvalue weighted by Crippen LogP contribution is 2.26. The molecule has 0 saturated carbocycles. The molecule has 1 aliphatic rings. The topological polar surface area (TPSA) is 63.3 Å². The molecule has 0 amide bonds. The molecule has 0 aromatic heterocycles. The molecule has 2 rings (SSSR count). The molecule has 0 saturated heterocycles. The standard InChI is InChI=1S/C11H14BNO2/c12-9-2-1-8-6-11(13,10(14)15)4-3-7(8)5-9/h1-2,5H,3-4,6,12-13H2,(H,14,15). The van der Waals surface area contributed by atoms with Crippen molar-refractivity contribution in [1.82, 2.24) is 0 Å². The zero-order valence-corrected chi connectivity index (χ0v) is 8.79. The number of hydrogen-bond donors (Lipinski definition) is 2. The summed E-state index contributed by atoms with van der Waals surface area (Å²) in [4.78, 5) is 11.0. The van der Waals surface area contributed by atoms with Crippen LogP contribution < -0.4 is 11.2 Å². The summed E-state index contributed by atoms with van der Waals surface area (Å²) in [5.74, 6) is -0.895. The van der Waals surface area contributed by atoms with Crippen LogP contribution in [-0.2, 0) is 17.6 Å². The second-order valence-corrected chi connectivity index (χ2v) is 4.41. The number of nitrogens with two attached hydrogens (primary N) is 1. The minimum absolute atomic E-state index is 0.442. The third-order valence-corrected chi connectivity index (χ3v) is 3.13. The van der Waals surface area contributed by atoms with E-state index in [0.29, 0.717) is 12.8 Å². The molecule has 0 spiro atoms. The SMILES string of the molecule is Bc1ccc2c(c1)CCC(N)(C(=O)O)C2. The van der Waals surface area contributed by atoms with Gasteiger partial charge in [0.25, 0.3) is 0 Å². The number of aryl methyl sites for hydroxylation is 1. The summed E-state index contributed by atoms with van der Waals surface area (Å²) in [5, 5.41) is 9.05. The van der Waals surface area contributed by atoms with Gasteiger partial charge in [0.1, 0.15) is 13.4 Å². The summed E-state index contributed by atoms with van der Waals surface area (Å²) in [6.07, 6.45) is 1.73. The van der Waals surface area contributed by atoms with Crippen molar-refractivity contribution in [3.63, 3.8) is 0 Å². The summed E-state index contributed by atoms with van der Waals surface area (Å²) < 4.78 is 0. The fraction of sp³-hybridized carbons (Fsp3) is 0.364. The summed E-state index contributed by atoms with van der Waals surface area (Å²) in [6, 6.07) is 6.12. The van der Waals surface area contributed by atoms with Crippen molar-refractivity contribution in [2.24, 2.45) is 5.73 Å². The Bertz CT molecular complexity index is 419. The van der Waals surface area contributed by atoms with E-state index in [1.807, 2.05) is 20.0 Å². The Kier molecular flexibility index (Phi) is 2.31. The number of hydrogen-bond acceptors (Lipinski definition) is 2. The van der Waals surface area contributed by atoms with Crippen LogP contribution in [0.4, 0.5) is 0 Å². The number of fused-ring (bicyclic) bond motifs is 1. The van der Waals surface area contributed by atoms with Crippen molar-refractivity contribution in [2.45, 2.75) is 24.8 Å². The van der Waals surface area contributed by atoms with E-state index in [0.717, 1.165) is 12.0 Å². The molecule has 15 heavy (non-hydrogen) atoms. The Morgan fingerprint density at radius 1 is 1.47 bits per heavy atom. The van der Waals surface area contributed by atoms with E-state index in [9.17, 15) is 4.79 Å². The first kappa shape index (κ1) is 10.2. The molecule has 0 fully saturated rings. The Balaban J connectivity index is 2.35. The van der Waals surface area contributed by atoms with E-state index in [4.69, 9.17) is 10.8 Å². The lowest BCUT2D eigenvalue weighted by atomic mass is 9.77. The highest BCUT2D eigenvalue weighted by atomic mass is 16.4. The zero-order valence-electron chi connectivity index (χ0n) is 8.79. The van der Waals surface area contributed by atoms with Gasteiger partial charge in [-0.3, -0.25) is 4.79 Å². The van der Waals surface area contributed by atoms with Crippen molar-refractivity contribution in [2.75, 3.05) is 0 Å². The van der Waals surface area contributed by atoms with Crippen LogP contribution in [0.2, 0.25) is 0 Å². The molecule has 0 heterocycles. The van der Waals surface area contributed by atoms with Crippen molar-refractivity contribution in [3.8, 4) is 0 Å². The first-order valence-corrected chi connectivity index (χ1v) is 5.12. The lowest BCUT2D eigenvalue weighted by Gasteiger charge is -2.30. The average molecular weight is 203 g/mol. The molecular formula is C11H14BNO2. The lowest BCUT2D eigenvalue weighted by Crippen LogP contribution is -2.52. The van der Waals surface area contributed by atoms with E-state index in [2.05, 4.69) is 6.07 Å². The lowest BCUT2D eigenvalue weighted by molar-refractivity contribution is -0.143. The second-order valence-electron chi connectivity index (χ2n) is 4.41. The van der Waals surface area contributed by atoms with E-state index in [1.165, 1.54) is 11.0 Å². The third kappa shape index (κ3) is 1.77. The highest BCUT2D eigenvalue weighted by Gasteiger charge is 2.37. The van der Waals surface area contributed by atoms with Crippen molar-refractivity contribution >= 4 is 19.3 Å². The molecule has 0 bridgehead atoms. The molecule has 3 N–H and O–H groups in total. The average Bonchev–Trinajstić information content (AvgIpc) is 2.18. The number of carbonyl (C=O) groups is 1. The van der Waals surface area contributed by atoms with Gasteiger partial charge in [-0.1, -0.05) is 23.7 Å². The summed E-state index contributed by atoms with van der Waals surface area (Å²) in [7, 11) is 2.04. The van der Waals surface area contributed by atoms with Crippen molar-refractivity contribution in [1.29, 1.82) is 0 Å². The fourth-order valence-electron chi connectivity index (χ4n) is 2.13. The van der Waals surface area contributed by atoms with Crippen LogP contribution in [0.25, 0.3) is 0 Å². The van der Waals surface area contributed by atoms with Gasteiger partial charge in [-0.25, -0.2) is 0 Å². The first-order chi connectivity index (χ1) is 7.01. The van der Waals surface area contributed by atoms with E-state index < -0.39 is 11.5 Å². The molecular weight excluding hydrogens is 189 g/mol. The predicted octanol–water partition coefficient (Wildman–Crippen LogP) is -0.784. The van der Waals surface area contributed by atoms with Gasteiger partial charge in [0.2, 0.25) is 0 Å². The van der Waals surface area contributed by atoms with Gasteiger partial charge in [0, 0.05) is 6.42 Å². The molecule has 1 aliphatic carbocycles. The van der Waals surface area contributed by atoms with Crippen LogP contribution >= 0.6 is 0 Å². The quantitative estimate of drug-likeness (QED) is 0.588. The number of benzene rings is 1. The third-order valence-electron chi connectivity index (χ3n) is 3.13. The zero-order chi connectivity index (χ0) is 11.1. The van der Waals surface area contributed by atoms with Crippen LogP contribution in [0.3, 0.4) is 0 Å². The fourth-order valence-corrected chi connectivity index (χ4v) is 2.13. The van der Waals surface area contributed by atoms with Crippen LogP contribution in [0.15, 0.2) is 18.2 Å².